The average molecular weight is 337 g/mol. The summed E-state index contributed by atoms with van der Waals surface area (Å²) in [4.78, 5) is 16.3. The molecule has 2 aromatic heterocycles. The molecule has 0 spiro atoms. The standard InChI is InChI=1S/C20H23N3O2/c1-6-14-22-23-18(25-14)11-7-8-13-12(9-11)15-16(21-13)17(24)20(4,5)10-19(15,2)3/h7-9,21H,6,10H2,1-5H3. The van der Waals surface area contributed by atoms with Gasteiger partial charge >= 0.3 is 0 Å². The zero-order valence-electron chi connectivity index (χ0n) is 15.4. The Hall–Kier alpha value is -2.43. The number of benzene rings is 1. The molecule has 5 nitrogen and oxygen atoms in total. The van der Waals surface area contributed by atoms with E-state index in [0.29, 0.717) is 18.2 Å². The van der Waals surface area contributed by atoms with E-state index in [-0.39, 0.29) is 16.6 Å². The molecule has 4 rings (SSSR count). The van der Waals surface area contributed by atoms with Gasteiger partial charge in [-0.15, -0.1) is 10.2 Å². The molecule has 0 radical (unpaired) electrons. The van der Waals surface area contributed by atoms with E-state index in [1.807, 2.05) is 32.9 Å². The Labute approximate surface area is 146 Å². The van der Waals surface area contributed by atoms with Gasteiger partial charge in [-0.2, -0.15) is 0 Å². The van der Waals surface area contributed by atoms with E-state index in [2.05, 4.69) is 35.1 Å². The van der Waals surface area contributed by atoms with Gasteiger partial charge in [0.1, 0.15) is 0 Å². The second kappa shape index (κ2) is 5.04. The molecule has 0 saturated carbocycles. The van der Waals surface area contributed by atoms with Gasteiger partial charge in [-0.25, -0.2) is 0 Å². The number of hydrogen-bond acceptors (Lipinski definition) is 4. The van der Waals surface area contributed by atoms with Crippen molar-refractivity contribution in [2.24, 2.45) is 5.41 Å². The molecule has 0 bridgehead atoms. The highest BCUT2D eigenvalue weighted by atomic mass is 16.4. The van der Waals surface area contributed by atoms with Gasteiger partial charge in [-0.1, -0.05) is 34.6 Å². The molecule has 25 heavy (non-hydrogen) atoms. The Balaban J connectivity index is 1.94. The summed E-state index contributed by atoms with van der Waals surface area (Å²) in [6, 6.07) is 6.01. The Kier molecular flexibility index (Phi) is 3.24. The molecule has 5 heteroatoms. The molecule has 0 amide bonds. The molecular weight excluding hydrogens is 314 g/mol. The van der Waals surface area contributed by atoms with Gasteiger partial charge < -0.3 is 9.40 Å². The zero-order valence-corrected chi connectivity index (χ0v) is 15.4. The number of hydrogen-bond donors (Lipinski definition) is 1. The molecule has 3 aromatic rings. The van der Waals surface area contributed by atoms with Gasteiger partial charge in [-0.05, 0) is 35.6 Å². The van der Waals surface area contributed by atoms with Crippen molar-refractivity contribution in [3.63, 3.8) is 0 Å². The van der Waals surface area contributed by atoms with Crippen LogP contribution in [0.25, 0.3) is 22.4 Å². The third-order valence-electron chi connectivity index (χ3n) is 5.22. The number of Topliss-reactive ketones (excluding diaryl/α,β-unsaturated/α-hetero) is 1. The van der Waals surface area contributed by atoms with Crippen LogP contribution in [0, 0.1) is 5.41 Å². The van der Waals surface area contributed by atoms with Gasteiger partial charge in [0.2, 0.25) is 11.8 Å². The predicted molar refractivity (Wildman–Crippen MR) is 96.7 cm³/mol. The van der Waals surface area contributed by atoms with E-state index in [1.165, 1.54) is 0 Å². The van der Waals surface area contributed by atoms with Crippen molar-refractivity contribution in [3.8, 4) is 11.5 Å². The molecule has 0 saturated heterocycles. The van der Waals surface area contributed by atoms with Crippen molar-refractivity contribution in [1.82, 2.24) is 15.2 Å². The zero-order chi connectivity index (χ0) is 18.0. The van der Waals surface area contributed by atoms with Crippen molar-refractivity contribution in [2.45, 2.75) is 52.9 Å². The summed E-state index contributed by atoms with van der Waals surface area (Å²) in [5.74, 6) is 1.34. The van der Waals surface area contributed by atoms with E-state index in [4.69, 9.17) is 4.42 Å². The van der Waals surface area contributed by atoms with Crippen molar-refractivity contribution in [3.05, 3.63) is 35.3 Å². The molecule has 0 unspecified atom stereocenters. The molecule has 1 aliphatic carbocycles. The lowest BCUT2D eigenvalue weighted by molar-refractivity contribution is 0.0760. The smallest absolute Gasteiger partial charge is 0.247 e. The molecule has 1 aromatic carbocycles. The fourth-order valence-corrected chi connectivity index (χ4v) is 4.32. The van der Waals surface area contributed by atoms with Crippen LogP contribution in [0.15, 0.2) is 22.6 Å². The van der Waals surface area contributed by atoms with E-state index in [9.17, 15) is 4.79 Å². The second-order valence-corrected chi connectivity index (χ2v) is 8.26. The summed E-state index contributed by atoms with van der Waals surface area (Å²) in [6.45, 7) is 10.5. The van der Waals surface area contributed by atoms with Crippen molar-refractivity contribution >= 4 is 16.7 Å². The highest BCUT2D eigenvalue weighted by molar-refractivity contribution is 6.07. The van der Waals surface area contributed by atoms with E-state index in [1.54, 1.807) is 0 Å². The van der Waals surface area contributed by atoms with Crippen LogP contribution >= 0.6 is 0 Å². The first-order chi connectivity index (χ1) is 11.7. The number of ketones is 1. The fourth-order valence-electron chi connectivity index (χ4n) is 4.32. The first-order valence-electron chi connectivity index (χ1n) is 8.77. The summed E-state index contributed by atoms with van der Waals surface area (Å²) in [5, 5.41) is 9.26. The van der Waals surface area contributed by atoms with Crippen LogP contribution in [0.1, 0.15) is 63.0 Å². The third kappa shape index (κ3) is 2.33. The SMILES string of the molecule is CCc1nnc(-c2ccc3[nH]c4c(c3c2)C(C)(C)CC(C)(C)C4=O)o1. The van der Waals surface area contributed by atoms with Crippen LogP contribution in [-0.4, -0.2) is 21.0 Å². The quantitative estimate of drug-likeness (QED) is 0.737. The number of carbonyl (C=O) groups excluding carboxylic acids is 1. The van der Waals surface area contributed by atoms with Crippen LogP contribution < -0.4 is 0 Å². The number of fused-ring (bicyclic) bond motifs is 3. The first kappa shape index (κ1) is 16.1. The number of aryl methyl sites for hydroxylation is 1. The van der Waals surface area contributed by atoms with Crippen molar-refractivity contribution in [1.29, 1.82) is 0 Å². The molecule has 0 fully saturated rings. The summed E-state index contributed by atoms with van der Waals surface area (Å²) in [7, 11) is 0. The maximum atomic E-state index is 12.9. The maximum Gasteiger partial charge on any atom is 0.247 e. The highest BCUT2D eigenvalue weighted by Crippen LogP contribution is 2.48. The number of aromatic nitrogens is 3. The lowest BCUT2D eigenvalue weighted by Crippen LogP contribution is -2.39. The van der Waals surface area contributed by atoms with E-state index < -0.39 is 0 Å². The van der Waals surface area contributed by atoms with Crippen LogP contribution in [0.3, 0.4) is 0 Å². The van der Waals surface area contributed by atoms with E-state index in [0.717, 1.165) is 34.1 Å². The summed E-state index contributed by atoms with van der Waals surface area (Å²) < 4.78 is 5.70. The minimum atomic E-state index is -0.358. The van der Waals surface area contributed by atoms with Gasteiger partial charge in [0.05, 0.1) is 5.69 Å². The number of carbonyl (C=O) groups is 1. The molecular formula is C20H23N3O2. The minimum absolute atomic E-state index is 0.0902. The molecule has 0 aliphatic heterocycles. The summed E-state index contributed by atoms with van der Waals surface area (Å²) in [5.41, 5.74) is 3.25. The molecule has 130 valence electrons. The summed E-state index contributed by atoms with van der Waals surface area (Å²) in [6.07, 6.45) is 1.54. The molecule has 1 aliphatic rings. The van der Waals surface area contributed by atoms with Crippen LogP contribution in [0.5, 0.6) is 0 Å². The number of nitrogens with zero attached hydrogens (tertiary/aromatic N) is 2. The van der Waals surface area contributed by atoms with Crippen LogP contribution in [-0.2, 0) is 11.8 Å². The van der Waals surface area contributed by atoms with Gasteiger partial charge in [0.25, 0.3) is 0 Å². The minimum Gasteiger partial charge on any atom is -0.421 e. The monoisotopic (exact) mass is 337 g/mol. The van der Waals surface area contributed by atoms with E-state index >= 15 is 0 Å². The van der Waals surface area contributed by atoms with Crippen molar-refractivity contribution < 1.29 is 9.21 Å². The second-order valence-electron chi connectivity index (χ2n) is 8.26. The van der Waals surface area contributed by atoms with Crippen LogP contribution in [0.2, 0.25) is 0 Å². The predicted octanol–water partition coefficient (Wildman–Crippen LogP) is 4.67. The number of H-pyrrole nitrogens is 1. The number of aromatic amines is 1. The topological polar surface area (TPSA) is 71.8 Å². The lowest BCUT2D eigenvalue weighted by atomic mass is 9.63. The van der Waals surface area contributed by atoms with Gasteiger partial charge in [0.15, 0.2) is 5.78 Å². The molecule has 1 N–H and O–H groups in total. The first-order valence-corrected chi connectivity index (χ1v) is 8.77. The molecule has 2 heterocycles. The Morgan fingerprint density at radius 3 is 2.60 bits per heavy atom. The molecule has 0 atom stereocenters. The Bertz CT molecular complexity index is 992. The van der Waals surface area contributed by atoms with Crippen molar-refractivity contribution in [2.75, 3.05) is 0 Å². The number of nitrogens with one attached hydrogen (secondary N) is 1. The van der Waals surface area contributed by atoms with Gasteiger partial charge in [0, 0.05) is 28.3 Å². The highest BCUT2D eigenvalue weighted by Gasteiger charge is 2.45. The van der Waals surface area contributed by atoms with Crippen LogP contribution in [0.4, 0.5) is 0 Å². The fraction of sp³-hybridized carbons (Fsp3) is 0.450. The van der Waals surface area contributed by atoms with Gasteiger partial charge in [-0.3, -0.25) is 4.79 Å². The third-order valence-corrected chi connectivity index (χ3v) is 5.22. The summed E-state index contributed by atoms with van der Waals surface area (Å²) >= 11 is 0. The maximum absolute atomic E-state index is 12.9. The lowest BCUT2D eigenvalue weighted by Gasteiger charge is -2.39. The average Bonchev–Trinajstić information content (AvgIpc) is 3.15. The normalized spacial score (nSPS) is 18.5. The Morgan fingerprint density at radius 1 is 1.16 bits per heavy atom. The largest absolute Gasteiger partial charge is 0.421 e. The Morgan fingerprint density at radius 2 is 1.92 bits per heavy atom. The number of rotatable bonds is 2.